The first-order valence-corrected chi connectivity index (χ1v) is 9.43. The molecule has 0 aliphatic heterocycles. The zero-order valence-corrected chi connectivity index (χ0v) is 14.4. The van der Waals surface area contributed by atoms with E-state index in [2.05, 4.69) is 43.3 Å². The lowest BCUT2D eigenvalue weighted by Gasteiger charge is -2.39. The molecule has 2 aromatic rings. The molecule has 0 radical (unpaired) electrons. The van der Waals surface area contributed by atoms with Crippen molar-refractivity contribution in [1.29, 1.82) is 0 Å². The molecule has 0 saturated heterocycles. The van der Waals surface area contributed by atoms with Gasteiger partial charge in [-0.05, 0) is 71.4 Å². The Balaban J connectivity index is 1.60. The minimum absolute atomic E-state index is 0.239. The summed E-state index contributed by atoms with van der Waals surface area (Å²) in [5, 5.41) is 2.53. The minimum Gasteiger partial charge on any atom is -0.294 e. The number of carbonyl (C=O) groups excluding carboxylic acids is 1. The Kier molecular flexibility index (Phi) is 3.04. The fourth-order valence-electron chi connectivity index (χ4n) is 5.51. The van der Waals surface area contributed by atoms with E-state index >= 15 is 0 Å². The first-order valence-electron chi connectivity index (χ1n) is 9.43. The summed E-state index contributed by atoms with van der Waals surface area (Å²) >= 11 is 0. The van der Waals surface area contributed by atoms with Crippen LogP contribution in [0.25, 0.3) is 10.8 Å². The highest BCUT2D eigenvalue weighted by Crippen LogP contribution is 2.58. The maximum Gasteiger partial charge on any atom is 0.163 e. The average Bonchev–Trinajstić information content (AvgIpc) is 3.14. The number of ketones is 1. The number of fused-ring (bicyclic) bond motifs is 5. The highest BCUT2D eigenvalue weighted by molar-refractivity contribution is 6.03. The van der Waals surface area contributed by atoms with Crippen molar-refractivity contribution in [3.63, 3.8) is 0 Å². The molecule has 2 unspecified atom stereocenters. The van der Waals surface area contributed by atoms with Crippen molar-refractivity contribution in [3.05, 3.63) is 58.7 Å². The van der Waals surface area contributed by atoms with E-state index in [1.165, 1.54) is 41.2 Å². The van der Waals surface area contributed by atoms with Crippen LogP contribution in [0.1, 0.15) is 60.5 Å². The normalized spacial score (nSPS) is 27.8. The highest BCUT2D eigenvalue weighted by Gasteiger charge is 2.50. The lowest BCUT2D eigenvalue weighted by atomic mass is 9.63. The Hall–Kier alpha value is -1.89. The van der Waals surface area contributed by atoms with E-state index in [9.17, 15) is 4.79 Å². The molecule has 0 amide bonds. The van der Waals surface area contributed by atoms with Gasteiger partial charge in [0.2, 0.25) is 0 Å². The van der Waals surface area contributed by atoms with Crippen LogP contribution in [0.3, 0.4) is 0 Å². The van der Waals surface area contributed by atoms with Crippen LogP contribution in [0, 0.1) is 11.3 Å². The van der Waals surface area contributed by atoms with Crippen LogP contribution in [-0.4, -0.2) is 5.78 Å². The summed E-state index contributed by atoms with van der Waals surface area (Å²) in [6.45, 7) is 2.23. The van der Waals surface area contributed by atoms with Crippen molar-refractivity contribution in [2.24, 2.45) is 11.3 Å². The number of Topliss-reactive ketones (excluding diaryl/α,β-unsaturated/α-hetero) is 1. The fourth-order valence-corrected chi connectivity index (χ4v) is 5.51. The first kappa shape index (κ1) is 14.5. The van der Waals surface area contributed by atoms with E-state index in [-0.39, 0.29) is 5.41 Å². The van der Waals surface area contributed by atoms with Gasteiger partial charge < -0.3 is 0 Å². The standard InChI is InChI=1S/C23H24O/c1-2-3-15-4-6-17-11-21-19(10-18(17)8-15)13-23(14-22(21)24)12-16-5-7-20(23)9-16/h4-6,8,10-11,20H,2-3,7,9,12-14H2,1H3. The summed E-state index contributed by atoms with van der Waals surface area (Å²) in [6, 6.07) is 11.2. The smallest absolute Gasteiger partial charge is 0.163 e. The monoisotopic (exact) mass is 316 g/mol. The van der Waals surface area contributed by atoms with Gasteiger partial charge in [0.1, 0.15) is 0 Å². The summed E-state index contributed by atoms with van der Waals surface area (Å²) in [5.41, 5.74) is 5.56. The third-order valence-electron chi connectivity index (χ3n) is 6.67. The van der Waals surface area contributed by atoms with Gasteiger partial charge in [-0.2, -0.15) is 0 Å². The van der Waals surface area contributed by atoms with Gasteiger partial charge in [-0.1, -0.05) is 49.3 Å². The van der Waals surface area contributed by atoms with Gasteiger partial charge >= 0.3 is 0 Å². The van der Waals surface area contributed by atoms with Gasteiger partial charge in [-0.25, -0.2) is 0 Å². The van der Waals surface area contributed by atoms with E-state index in [1.54, 1.807) is 5.57 Å². The second kappa shape index (κ2) is 5.05. The lowest BCUT2D eigenvalue weighted by molar-refractivity contribution is 0.0824. The van der Waals surface area contributed by atoms with Crippen LogP contribution in [0.4, 0.5) is 0 Å². The molecule has 24 heavy (non-hydrogen) atoms. The summed E-state index contributed by atoms with van der Waals surface area (Å²) in [4.78, 5) is 12.9. The van der Waals surface area contributed by atoms with Crippen LogP contribution in [0.2, 0.25) is 0 Å². The topological polar surface area (TPSA) is 17.1 Å². The maximum atomic E-state index is 12.9. The number of hydrogen-bond donors (Lipinski definition) is 0. The van der Waals surface area contributed by atoms with Gasteiger partial charge in [0.25, 0.3) is 0 Å². The molecule has 1 spiro atoms. The van der Waals surface area contributed by atoms with Crippen LogP contribution >= 0.6 is 0 Å². The van der Waals surface area contributed by atoms with E-state index < -0.39 is 0 Å². The van der Waals surface area contributed by atoms with Gasteiger partial charge in [0, 0.05) is 12.0 Å². The molecule has 1 saturated carbocycles. The van der Waals surface area contributed by atoms with Crippen molar-refractivity contribution in [2.75, 3.05) is 0 Å². The van der Waals surface area contributed by atoms with Crippen LogP contribution < -0.4 is 0 Å². The fraction of sp³-hybridized carbons (Fsp3) is 0.435. The quantitative estimate of drug-likeness (QED) is 0.654. The second-order valence-corrected chi connectivity index (χ2v) is 8.26. The Labute approximate surface area is 143 Å². The van der Waals surface area contributed by atoms with Crippen LogP contribution in [0.5, 0.6) is 0 Å². The third kappa shape index (κ3) is 2.03. The molecule has 3 aliphatic rings. The summed E-state index contributed by atoms with van der Waals surface area (Å²) in [5.74, 6) is 1.09. The van der Waals surface area contributed by atoms with E-state index in [0.717, 1.165) is 31.2 Å². The van der Waals surface area contributed by atoms with Crippen molar-refractivity contribution >= 4 is 16.6 Å². The van der Waals surface area contributed by atoms with Crippen LogP contribution in [0.15, 0.2) is 42.0 Å². The van der Waals surface area contributed by atoms with Gasteiger partial charge in [0.15, 0.2) is 5.78 Å². The molecule has 122 valence electrons. The van der Waals surface area contributed by atoms with Crippen molar-refractivity contribution < 1.29 is 4.79 Å². The van der Waals surface area contributed by atoms with E-state index in [4.69, 9.17) is 0 Å². The van der Waals surface area contributed by atoms with Gasteiger partial charge in [-0.15, -0.1) is 0 Å². The van der Waals surface area contributed by atoms with E-state index in [1.807, 2.05) is 0 Å². The minimum atomic E-state index is 0.239. The SMILES string of the molecule is CCCc1ccc2cc3c(cc2c1)CC1(CC3=O)CC2=CCC1C2. The molecule has 1 nitrogen and oxygen atoms in total. The molecule has 1 fully saturated rings. The summed E-state index contributed by atoms with van der Waals surface area (Å²) in [6.07, 6.45) is 10.2. The number of rotatable bonds is 2. The molecule has 2 aromatic carbocycles. The zero-order chi connectivity index (χ0) is 16.3. The molecule has 5 rings (SSSR count). The molecule has 1 heteroatoms. The Morgan fingerprint density at radius 3 is 2.75 bits per heavy atom. The molecule has 0 N–H and O–H groups in total. The summed E-state index contributed by atoms with van der Waals surface area (Å²) in [7, 11) is 0. The maximum absolute atomic E-state index is 12.9. The van der Waals surface area contributed by atoms with Crippen LogP contribution in [-0.2, 0) is 12.8 Å². The molecular formula is C23H24O. The summed E-state index contributed by atoms with van der Waals surface area (Å²) < 4.78 is 0. The molecule has 2 bridgehead atoms. The van der Waals surface area contributed by atoms with Gasteiger partial charge in [-0.3, -0.25) is 4.79 Å². The predicted octanol–water partition coefficient (Wildman–Crippen LogP) is 5.65. The number of allylic oxidation sites excluding steroid dienone is 2. The van der Waals surface area contributed by atoms with Gasteiger partial charge in [0.05, 0.1) is 0 Å². The number of carbonyl (C=O) groups is 1. The molecule has 0 aromatic heterocycles. The van der Waals surface area contributed by atoms with Crippen molar-refractivity contribution in [3.8, 4) is 0 Å². The molecule has 3 aliphatic carbocycles. The predicted molar refractivity (Wildman–Crippen MR) is 98.5 cm³/mol. The second-order valence-electron chi connectivity index (χ2n) is 8.26. The highest BCUT2D eigenvalue weighted by atomic mass is 16.1. The molecular weight excluding hydrogens is 292 g/mol. The zero-order valence-electron chi connectivity index (χ0n) is 14.4. The average molecular weight is 316 g/mol. The first-order chi connectivity index (χ1) is 11.7. The Bertz CT molecular complexity index is 888. The number of aryl methyl sites for hydroxylation is 1. The third-order valence-corrected chi connectivity index (χ3v) is 6.67. The van der Waals surface area contributed by atoms with E-state index in [0.29, 0.717) is 11.7 Å². The molecule has 0 heterocycles. The Morgan fingerprint density at radius 2 is 2.00 bits per heavy atom. The Morgan fingerprint density at radius 1 is 1.08 bits per heavy atom. The number of benzene rings is 2. The lowest BCUT2D eigenvalue weighted by Crippen LogP contribution is -2.36. The van der Waals surface area contributed by atoms with Crippen molar-refractivity contribution in [1.82, 2.24) is 0 Å². The molecule has 2 atom stereocenters. The number of hydrogen-bond acceptors (Lipinski definition) is 1. The van der Waals surface area contributed by atoms with Crippen molar-refractivity contribution in [2.45, 2.75) is 51.9 Å². The largest absolute Gasteiger partial charge is 0.294 e.